The highest BCUT2D eigenvalue weighted by molar-refractivity contribution is 7.46. The van der Waals surface area contributed by atoms with Crippen molar-refractivity contribution in [2.75, 3.05) is 13.2 Å². The number of rotatable bonds is 76. The minimum Gasteiger partial charge on any atom is -0.462 e. The van der Waals surface area contributed by atoms with Gasteiger partial charge in [0.15, 0.2) is 24.8 Å². The van der Waals surface area contributed by atoms with Crippen molar-refractivity contribution in [2.24, 2.45) is 0 Å². The Kier molecular flexibility index (Phi) is 64.9. The van der Waals surface area contributed by atoms with E-state index in [4.69, 9.17) is 37.7 Å². The number of ether oxygens (including phenoxy) is 7. The van der Waals surface area contributed by atoms with E-state index in [9.17, 15) is 63.9 Å². The summed E-state index contributed by atoms with van der Waals surface area (Å²) in [6.45, 7) is 11.1. The number of phosphoric acid groups is 1. The van der Waals surface area contributed by atoms with E-state index in [1.807, 2.05) is 0 Å². The number of nitrogens with one attached hydrogen (secondary N) is 2. The second-order valence-corrected chi connectivity index (χ2v) is 34.0. The molecule has 0 spiro atoms. The van der Waals surface area contributed by atoms with Crippen molar-refractivity contribution in [3.05, 3.63) is 0 Å². The van der Waals surface area contributed by atoms with E-state index in [0.717, 1.165) is 225 Å². The summed E-state index contributed by atoms with van der Waals surface area (Å²) in [7, 11) is -5.61. The van der Waals surface area contributed by atoms with E-state index in [-0.39, 0.29) is 25.7 Å². The number of aliphatic hydroxyl groups is 5. The molecule has 664 valence electrons. The molecule has 2 heterocycles. The monoisotopic (exact) mass is 1630 g/mol. The van der Waals surface area contributed by atoms with Crippen molar-refractivity contribution in [3.8, 4) is 0 Å². The Bertz CT molecular complexity index is 2410. The second kappa shape index (κ2) is 69.4. The van der Waals surface area contributed by atoms with Gasteiger partial charge in [-0.1, -0.05) is 337 Å². The third-order valence-corrected chi connectivity index (χ3v) is 22.6. The summed E-state index contributed by atoms with van der Waals surface area (Å²) in [5.74, 6) is -4.58. The van der Waals surface area contributed by atoms with Crippen LogP contribution in [0.3, 0.4) is 0 Å². The molecule has 2 rings (SSSR count). The molecule has 0 aromatic carbocycles. The number of esters is 4. The van der Waals surface area contributed by atoms with Gasteiger partial charge in [0.1, 0.15) is 48.7 Å². The van der Waals surface area contributed by atoms with Crippen molar-refractivity contribution in [3.63, 3.8) is 0 Å². The molecule has 24 nitrogen and oxygen atoms in total. The quantitative estimate of drug-likeness (QED) is 0.0118. The van der Waals surface area contributed by atoms with Gasteiger partial charge in [0.05, 0.1) is 51.1 Å². The molecule has 25 heteroatoms. The summed E-state index contributed by atoms with van der Waals surface area (Å²) < 4.78 is 61.5. The summed E-state index contributed by atoms with van der Waals surface area (Å²) in [5.41, 5.74) is 0. The number of unbranched alkanes of at least 4 members (excludes halogenated alkanes) is 44. The fourth-order valence-electron chi connectivity index (χ4n) is 15.3. The molecule has 9 N–H and O–H groups in total. The molecular formula is C88H165N2O22P. The fourth-order valence-corrected chi connectivity index (χ4v) is 15.9. The lowest BCUT2D eigenvalue weighted by molar-refractivity contribution is -0.298. The van der Waals surface area contributed by atoms with Gasteiger partial charge in [-0.15, -0.1) is 0 Å². The number of amides is 2. The van der Waals surface area contributed by atoms with Crippen LogP contribution in [0.4, 0.5) is 0 Å². The summed E-state index contributed by atoms with van der Waals surface area (Å²) in [6, 6.07) is -3.46. The maximum Gasteiger partial charge on any atom is 0.470 e. The van der Waals surface area contributed by atoms with Gasteiger partial charge in [0.25, 0.3) is 0 Å². The van der Waals surface area contributed by atoms with Gasteiger partial charge in [0, 0.05) is 12.8 Å². The van der Waals surface area contributed by atoms with E-state index in [2.05, 4.69) is 52.2 Å². The Hall–Kier alpha value is -3.39. The second-order valence-electron chi connectivity index (χ2n) is 32.8. The number of aliphatic hydroxyl groups excluding tert-OH is 5. The number of hydrogen-bond acceptors (Lipinski definition) is 20. The van der Waals surface area contributed by atoms with Crippen LogP contribution in [0, 0.1) is 0 Å². The summed E-state index contributed by atoms with van der Waals surface area (Å²) in [4.78, 5) is 106. The molecule has 2 amide bonds. The van der Waals surface area contributed by atoms with Crippen LogP contribution in [0.2, 0.25) is 0 Å². The van der Waals surface area contributed by atoms with Gasteiger partial charge in [-0.3, -0.25) is 33.3 Å². The van der Waals surface area contributed by atoms with Gasteiger partial charge in [0.2, 0.25) is 11.8 Å². The molecular weight excluding hydrogens is 1470 g/mol. The summed E-state index contributed by atoms with van der Waals surface area (Å²) >= 11 is 0. The van der Waals surface area contributed by atoms with Crippen LogP contribution in [0.15, 0.2) is 0 Å². The molecule has 0 saturated carbocycles. The van der Waals surface area contributed by atoms with Crippen LogP contribution in [0.5, 0.6) is 0 Å². The van der Waals surface area contributed by atoms with Crippen molar-refractivity contribution in [1.29, 1.82) is 0 Å². The molecule has 0 bridgehead atoms. The summed E-state index contributed by atoms with van der Waals surface area (Å²) in [6.07, 6.45) is 30.4. The first-order valence-corrected chi connectivity index (χ1v) is 47.5. The van der Waals surface area contributed by atoms with E-state index >= 15 is 4.79 Å². The Morgan fingerprint density at radius 1 is 0.372 bits per heavy atom. The Morgan fingerprint density at radius 2 is 0.699 bits per heavy atom. The highest BCUT2D eigenvalue weighted by atomic mass is 31.2. The lowest BCUT2D eigenvalue weighted by atomic mass is 9.95. The van der Waals surface area contributed by atoms with E-state index in [0.29, 0.717) is 51.4 Å². The molecule has 2 fully saturated rings. The topological polar surface area (TPSA) is 359 Å². The van der Waals surface area contributed by atoms with Crippen LogP contribution < -0.4 is 10.6 Å². The number of phosphoric ester groups is 1. The average Bonchev–Trinajstić information content (AvgIpc) is 0.781. The number of carbonyl (C=O) groups excluding carboxylic acids is 6. The zero-order valence-electron chi connectivity index (χ0n) is 71.6. The zero-order valence-corrected chi connectivity index (χ0v) is 72.5. The molecule has 2 aliphatic heterocycles. The minimum atomic E-state index is -5.61. The fraction of sp³-hybridized carbons (Fsp3) is 0.932. The first-order valence-electron chi connectivity index (χ1n) is 46.0. The third kappa shape index (κ3) is 54.4. The van der Waals surface area contributed by atoms with Crippen molar-refractivity contribution < 1.29 is 106 Å². The lowest BCUT2D eigenvalue weighted by Crippen LogP contribution is -2.68. The average molecular weight is 1630 g/mol. The highest BCUT2D eigenvalue weighted by Gasteiger charge is 2.54. The molecule has 2 aliphatic rings. The highest BCUT2D eigenvalue weighted by Crippen LogP contribution is 2.43. The zero-order chi connectivity index (χ0) is 83.0. The molecule has 113 heavy (non-hydrogen) atoms. The molecule has 0 aromatic heterocycles. The van der Waals surface area contributed by atoms with Crippen molar-refractivity contribution >= 4 is 43.5 Å². The van der Waals surface area contributed by atoms with Crippen molar-refractivity contribution in [2.45, 2.75) is 512 Å². The van der Waals surface area contributed by atoms with Gasteiger partial charge in [-0.2, -0.15) is 0 Å². The molecule has 0 radical (unpaired) electrons. The first kappa shape index (κ1) is 106. The Balaban J connectivity index is 2.73. The first-order chi connectivity index (χ1) is 54.6. The molecule has 2 saturated heterocycles. The minimum absolute atomic E-state index is 0.107. The van der Waals surface area contributed by atoms with Crippen LogP contribution >= 0.6 is 7.82 Å². The smallest absolute Gasteiger partial charge is 0.462 e. The predicted molar refractivity (Wildman–Crippen MR) is 442 cm³/mol. The van der Waals surface area contributed by atoms with Gasteiger partial charge in [-0.05, 0) is 51.4 Å². The number of carbonyl (C=O) groups is 6. The Labute approximate surface area is 683 Å². The van der Waals surface area contributed by atoms with Gasteiger partial charge < -0.3 is 79.1 Å². The molecule has 0 aromatic rings. The van der Waals surface area contributed by atoms with Gasteiger partial charge >= 0.3 is 31.7 Å². The maximum absolute atomic E-state index is 15.0. The van der Waals surface area contributed by atoms with E-state index in [1.165, 1.54) is 57.8 Å². The molecule has 0 unspecified atom stereocenters. The predicted octanol–water partition coefficient (Wildman–Crippen LogP) is 18.1. The van der Waals surface area contributed by atoms with Crippen LogP contribution in [-0.2, 0) is 71.0 Å². The SMILES string of the molecule is CCCCCCCCCCC[C@@H](O)CC(=O)O[C@@H]1[C@H](O)[C@@H](CO[C@@H]2O[C@H](CO)[C@@H](OP(=O)(O)O)[C@@H](OC(=O)C[C@@H](CCCCCCCCCCC)OC(=O)CCCCCCCCC)[C@H]2NC(=O)C[C@@H](CCCCCCCCCCC)OC(=O)CCCCCCCCC)O[C@H](O)[C@@H]1NC(=O)C[C@@H](O)CCCCCCCCCCC. The van der Waals surface area contributed by atoms with Crippen LogP contribution in [0.25, 0.3) is 0 Å². The molecule has 0 aliphatic carbocycles. The number of hydrogen-bond donors (Lipinski definition) is 9. The Morgan fingerprint density at radius 3 is 1.09 bits per heavy atom. The van der Waals surface area contributed by atoms with Crippen molar-refractivity contribution in [1.82, 2.24) is 10.6 Å². The largest absolute Gasteiger partial charge is 0.470 e. The van der Waals surface area contributed by atoms with Crippen LogP contribution in [0.1, 0.15) is 427 Å². The maximum atomic E-state index is 15.0. The van der Waals surface area contributed by atoms with E-state index in [1.54, 1.807) is 0 Å². The van der Waals surface area contributed by atoms with Crippen LogP contribution in [-0.4, -0.2) is 170 Å². The standard InChI is InChI=1S/C88H165N2O22P/c1-7-13-19-25-31-35-41-45-51-57-69(92)63-75(94)89-81-85(110-79(98)64-70(93)58-52-46-42-36-32-26-20-14-8-2)83(100)74(108-87(81)101)68-105-88-82(90-76(95)65-71(59-53-47-43-37-33-27-21-15-9-3)106-77(96)61-55-49-39-29-23-17-11-5)86(84(73(67-91)109-88)112-113(102,103)104)111-80(99)66-72(60-54-48-44-38-34-28-22-16-10-4)107-78(97)62-56-50-40-30-24-18-12-6/h69-74,81-88,91-93,100-101H,7-68H2,1-6H3,(H,89,94)(H,90,95)(H2,102,103,104)/t69-,70+,71+,72+,73+,74+,81+,82+,83+,84+,85-,86-,87-,88+/m0/s1. The van der Waals surface area contributed by atoms with Gasteiger partial charge in [-0.25, -0.2) is 4.57 Å². The van der Waals surface area contributed by atoms with E-state index < -0.39 is 168 Å². The lowest BCUT2D eigenvalue weighted by Gasteiger charge is -2.46. The third-order valence-electron chi connectivity index (χ3n) is 22.1. The summed E-state index contributed by atoms with van der Waals surface area (Å²) in [5, 5.41) is 63.0. The molecule has 14 atom stereocenters. The normalized spacial score (nSPS) is 21.0.